The first-order chi connectivity index (χ1) is 6.88. The fourth-order valence-corrected chi connectivity index (χ4v) is 2.48. The lowest BCUT2D eigenvalue weighted by Crippen LogP contribution is -1.91. The molecule has 0 unspecified atom stereocenters. The second kappa shape index (κ2) is 2.71. The Morgan fingerprint density at radius 2 is 1.36 bits per heavy atom. The van der Waals surface area contributed by atoms with Crippen LogP contribution in [0.1, 0.15) is 23.0 Å². The third-order valence-electron chi connectivity index (χ3n) is 3.18. The Morgan fingerprint density at radius 3 is 1.86 bits per heavy atom. The van der Waals surface area contributed by atoms with Crippen molar-refractivity contribution in [3.8, 4) is 0 Å². The average molecular weight is 180 g/mol. The lowest BCUT2D eigenvalue weighted by atomic mass is 9.97. The molecule has 0 saturated heterocycles. The Labute approximate surface area is 84.3 Å². The van der Waals surface area contributed by atoms with Crippen molar-refractivity contribution in [1.29, 1.82) is 0 Å². The van der Waals surface area contributed by atoms with E-state index in [9.17, 15) is 0 Å². The molecule has 0 fully saturated rings. The Hall–Kier alpha value is -1.56. The minimum absolute atomic E-state index is 0.436. The molecule has 2 atom stereocenters. The van der Waals surface area contributed by atoms with Crippen LogP contribution >= 0.6 is 0 Å². The average Bonchev–Trinajstić information content (AvgIpc) is 2.33. The molecule has 0 heterocycles. The predicted octanol–water partition coefficient (Wildman–Crippen LogP) is 3.55. The summed E-state index contributed by atoms with van der Waals surface area (Å²) in [5.41, 5.74) is 4.18. The minimum atomic E-state index is 0.436. The summed E-state index contributed by atoms with van der Waals surface area (Å²) in [5.74, 6) is 0.873. The molecule has 0 nitrogen and oxygen atoms in total. The molecule has 0 spiro atoms. The molecule has 14 heavy (non-hydrogen) atoms. The summed E-state index contributed by atoms with van der Waals surface area (Å²) in [6.45, 7) is 4.21. The highest BCUT2D eigenvalue weighted by atomic mass is 14.3. The van der Waals surface area contributed by atoms with Gasteiger partial charge in [-0.15, -0.1) is 0 Å². The first kappa shape index (κ1) is 7.81. The molecule has 0 radical (unpaired) electrons. The normalized spacial score (nSPS) is 27.6. The van der Waals surface area contributed by atoms with Gasteiger partial charge in [-0.05, 0) is 11.1 Å². The Balaban J connectivity index is 2.29. The molecule has 3 rings (SSSR count). The van der Waals surface area contributed by atoms with Crippen molar-refractivity contribution in [2.24, 2.45) is 0 Å². The Morgan fingerprint density at radius 1 is 0.857 bits per heavy atom. The van der Waals surface area contributed by atoms with Gasteiger partial charge in [0.05, 0.1) is 0 Å². The molecule has 0 N–H and O–H groups in total. The zero-order valence-corrected chi connectivity index (χ0v) is 7.98. The molecule has 2 aliphatic carbocycles. The highest BCUT2D eigenvalue weighted by Crippen LogP contribution is 2.47. The summed E-state index contributed by atoms with van der Waals surface area (Å²) in [6.07, 6.45) is 8.74. The third kappa shape index (κ3) is 0.884. The fraction of sp³-hybridized carbons (Fsp3) is 0.143. The molecule has 0 saturated carbocycles. The Kier molecular flexibility index (Phi) is 1.51. The SMILES string of the molecule is C=C1[C@H]2C=CC=C[C@H]1c1ccccc12. The van der Waals surface area contributed by atoms with E-state index in [0.29, 0.717) is 11.8 Å². The molecule has 2 aliphatic rings. The summed E-state index contributed by atoms with van der Waals surface area (Å²) in [4.78, 5) is 0. The van der Waals surface area contributed by atoms with Crippen LogP contribution in [0, 0.1) is 0 Å². The second-order valence-electron chi connectivity index (χ2n) is 3.93. The molecule has 1 aromatic carbocycles. The molecular formula is C14H12. The van der Waals surface area contributed by atoms with E-state index in [1.165, 1.54) is 16.7 Å². The smallest absolute Gasteiger partial charge is 0.0241 e. The fourth-order valence-electron chi connectivity index (χ4n) is 2.48. The maximum absolute atomic E-state index is 4.21. The van der Waals surface area contributed by atoms with Crippen LogP contribution in [0.15, 0.2) is 60.7 Å². The van der Waals surface area contributed by atoms with Crippen LogP contribution in [0.2, 0.25) is 0 Å². The maximum Gasteiger partial charge on any atom is 0.0241 e. The summed E-state index contributed by atoms with van der Waals surface area (Å²) in [7, 11) is 0. The molecule has 1 aromatic rings. The van der Waals surface area contributed by atoms with Crippen LogP contribution in [-0.4, -0.2) is 0 Å². The lowest BCUT2D eigenvalue weighted by Gasteiger charge is -2.06. The van der Waals surface area contributed by atoms with Crippen LogP contribution in [-0.2, 0) is 0 Å². The largest absolute Gasteiger partial charge is 0.0980 e. The van der Waals surface area contributed by atoms with Gasteiger partial charge < -0.3 is 0 Å². The molecular weight excluding hydrogens is 168 g/mol. The van der Waals surface area contributed by atoms with E-state index in [0.717, 1.165) is 0 Å². The van der Waals surface area contributed by atoms with Crippen LogP contribution in [0.5, 0.6) is 0 Å². The van der Waals surface area contributed by atoms with Gasteiger partial charge in [-0.2, -0.15) is 0 Å². The lowest BCUT2D eigenvalue weighted by molar-refractivity contribution is 0.980. The van der Waals surface area contributed by atoms with E-state index in [2.05, 4.69) is 55.1 Å². The second-order valence-corrected chi connectivity index (χ2v) is 3.93. The maximum atomic E-state index is 4.21. The number of rotatable bonds is 0. The summed E-state index contributed by atoms with van der Waals surface area (Å²) < 4.78 is 0. The van der Waals surface area contributed by atoms with Gasteiger partial charge in [0.25, 0.3) is 0 Å². The summed E-state index contributed by atoms with van der Waals surface area (Å²) in [5, 5.41) is 0. The van der Waals surface area contributed by atoms with Crippen molar-refractivity contribution in [3.05, 3.63) is 71.8 Å². The topological polar surface area (TPSA) is 0 Å². The van der Waals surface area contributed by atoms with Crippen molar-refractivity contribution < 1.29 is 0 Å². The van der Waals surface area contributed by atoms with Gasteiger partial charge in [-0.3, -0.25) is 0 Å². The van der Waals surface area contributed by atoms with E-state index in [1.807, 2.05) is 0 Å². The molecule has 0 aliphatic heterocycles. The number of allylic oxidation sites excluding steroid dienone is 5. The Bertz CT molecular complexity index is 408. The third-order valence-corrected chi connectivity index (χ3v) is 3.18. The molecule has 68 valence electrons. The highest BCUT2D eigenvalue weighted by molar-refractivity contribution is 5.56. The van der Waals surface area contributed by atoms with Crippen LogP contribution in [0.25, 0.3) is 0 Å². The number of hydrogen-bond donors (Lipinski definition) is 0. The van der Waals surface area contributed by atoms with Crippen LogP contribution in [0.3, 0.4) is 0 Å². The quantitative estimate of drug-likeness (QED) is 0.535. The predicted molar refractivity (Wildman–Crippen MR) is 59.3 cm³/mol. The number of hydrogen-bond acceptors (Lipinski definition) is 0. The molecule has 0 amide bonds. The van der Waals surface area contributed by atoms with Crippen molar-refractivity contribution in [2.45, 2.75) is 11.8 Å². The van der Waals surface area contributed by atoms with Gasteiger partial charge in [0.15, 0.2) is 0 Å². The standard InChI is InChI=1S/C14H12/c1-10-11-6-2-3-7-12(10)14-9-5-4-8-13(11)14/h2-9,11-12H,1H2/t11-,12-/m1/s1. The van der Waals surface area contributed by atoms with Crippen LogP contribution in [0.4, 0.5) is 0 Å². The molecule has 0 heteroatoms. The van der Waals surface area contributed by atoms with E-state index >= 15 is 0 Å². The summed E-state index contributed by atoms with van der Waals surface area (Å²) in [6, 6.07) is 8.66. The zero-order valence-electron chi connectivity index (χ0n) is 7.98. The number of fused-ring (bicyclic) bond motifs is 5. The minimum Gasteiger partial charge on any atom is -0.0980 e. The zero-order chi connectivity index (χ0) is 9.54. The van der Waals surface area contributed by atoms with Crippen LogP contribution < -0.4 is 0 Å². The van der Waals surface area contributed by atoms with Gasteiger partial charge in [0.1, 0.15) is 0 Å². The first-order valence-corrected chi connectivity index (χ1v) is 5.00. The van der Waals surface area contributed by atoms with E-state index in [4.69, 9.17) is 0 Å². The van der Waals surface area contributed by atoms with Crippen molar-refractivity contribution in [3.63, 3.8) is 0 Å². The monoisotopic (exact) mass is 180 g/mol. The van der Waals surface area contributed by atoms with Crippen molar-refractivity contribution >= 4 is 0 Å². The van der Waals surface area contributed by atoms with Gasteiger partial charge in [-0.25, -0.2) is 0 Å². The van der Waals surface area contributed by atoms with Crippen molar-refractivity contribution in [1.82, 2.24) is 0 Å². The molecule has 2 bridgehead atoms. The van der Waals surface area contributed by atoms with Gasteiger partial charge >= 0.3 is 0 Å². The van der Waals surface area contributed by atoms with Crippen molar-refractivity contribution in [2.75, 3.05) is 0 Å². The molecule has 0 aromatic heterocycles. The van der Waals surface area contributed by atoms with E-state index in [-0.39, 0.29) is 0 Å². The van der Waals surface area contributed by atoms with E-state index in [1.54, 1.807) is 0 Å². The summed E-state index contributed by atoms with van der Waals surface area (Å²) >= 11 is 0. The highest BCUT2D eigenvalue weighted by Gasteiger charge is 2.31. The number of benzene rings is 1. The van der Waals surface area contributed by atoms with Gasteiger partial charge in [0, 0.05) is 11.8 Å². The first-order valence-electron chi connectivity index (χ1n) is 5.00. The van der Waals surface area contributed by atoms with Gasteiger partial charge in [0.2, 0.25) is 0 Å². The van der Waals surface area contributed by atoms with E-state index < -0.39 is 0 Å². The van der Waals surface area contributed by atoms with Gasteiger partial charge in [-0.1, -0.05) is 60.7 Å².